The standard InChI is InChI=1S/C13H15.3ClH.Ti/c1-3-10-8-12-6-5-7-13(12)9-11(10)4-2;;;;/h5-9H,3-4H2,1-2H3;3*1H;/q;;;;+3/p-3. The van der Waals surface area contributed by atoms with Crippen molar-refractivity contribution >= 4 is 6.08 Å². The molecule has 0 aromatic heterocycles. The average molecular weight is 325 g/mol. The summed E-state index contributed by atoms with van der Waals surface area (Å²) in [6, 6.07) is 4.77. The van der Waals surface area contributed by atoms with Gasteiger partial charge in [-0.3, -0.25) is 0 Å². The number of halogens is 3. The van der Waals surface area contributed by atoms with Crippen LogP contribution >= 0.6 is 0 Å². The summed E-state index contributed by atoms with van der Waals surface area (Å²) < 4.78 is 0.612. The fourth-order valence-electron chi connectivity index (χ4n) is 2.10. The SMILES string of the molecule is CCc1cc2c(cc1CC)[CH]([Ti+3])C=C2.[Cl-].[Cl-].[Cl-]. The molecule has 1 unspecified atom stereocenters. The molecular weight excluding hydrogens is 310 g/mol. The van der Waals surface area contributed by atoms with Gasteiger partial charge >= 0.3 is 97.9 Å². The Hall–Kier alpha value is 0.544. The van der Waals surface area contributed by atoms with Crippen molar-refractivity contribution in [2.24, 2.45) is 0 Å². The van der Waals surface area contributed by atoms with Crippen LogP contribution in [0.2, 0.25) is 0 Å². The summed E-state index contributed by atoms with van der Waals surface area (Å²) in [5.74, 6) is 0. The maximum Gasteiger partial charge on any atom is -1.00 e. The molecule has 0 radical (unpaired) electrons. The molecule has 92 valence electrons. The molecule has 1 aromatic rings. The van der Waals surface area contributed by atoms with E-state index in [1.165, 1.54) is 22.3 Å². The third-order valence-electron chi connectivity index (χ3n) is 2.97. The zero-order chi connectivity index (χ0) is 10.1. The van der Waals surface area contributed by atoms with E-state index in [1.807, 2.05) is 0 Å². The van der Waals surface area contributed by atoms with E-state index in [9.17, 15) is 0 Å². The van der Waals surface area contributed by atoms with Gasteiger partial charge in [0.05, 0.1) is 0 Å². The Labute approximate surface area is 134 Å². The minimum absolute atomic E-state index is 0. The van der Waals surface area contributed by atoms with Crippen molar-refractivity contribution in [1.29, 1.82) is 0 Å². The summed E-state index contributed by atoms with van der Waals surface area (Å²) in [5, 5.41) is 0. The number of fused-ring (bicyclic) bond motifs is 1. The van der Waals surface area contributed by atoms with Crippen molar-refractivity contribution in [2.75, 3.05) is 0 Å². The Bertz CT molecular complexity index is 388. The van der Waals surface area contributed by atoms with E-state index < -0.39 is 0 Å². The first-order chi connectivity index (χ1) is 6.76. The third-order valence-corrected chi connectivity index (χ3v) is 3.76. The van der Waals surface area contributed by atoms with E-state index in [4.69, 9.17) is 0 Å². The maximum absolute atomic E-state index is 2.40. The van der Waals surface area contributed by atoms with Crippen LogP contribution in [0.5, 0.6) is 0 Å². The van der Waals surface area contributed by atoms with E-state index >= 15 is 0 Å². The molecule has 0 bridgehead atoms. The van der Waals surface area contributed by atoms with Crippen molar-refractivity contribution in [3.63, 3.8) is 0 Å². The molecule has 0 N–H and O–H groups in total. The number of rotatable bonds is 2. The molecule has 0 amide bonds. The van der Waals surface area contributed by atoms with Crippen LogP contribution in [0.4, 0.5) is 0 Å². The number of allylic oxidation sites excluding steroid dienone is 1. The fraction of sp³-hybridized carbons (Fsp3) is 0.385. The van der Waals surface area contributed by atoms with Crippen LogP contribution in [0, 0.1) is 0 Å². The molecule has 1 aliphatic rings. The van der Waals surface area contributed by atoms with Gasteiger partial charge in [-0.1, -0.05) is 0 Å². The van der Waals surface area contributed by atoms with Gasteiger partial charge in [0.15, 0.2) is 0 Å². The van der Waals surface area contributed by atoms with Crippen molar-refractivity contribution < 1.29 is 57.7 Å². The van der Waals surface area contributed by atoms with Gasteiger partial charge in [0, 0.05) is 0 Å². The minimum atomic E-state index is 0. The molecule has 1 aliphatic carbocycles. The van der Waals surface area contributed by atoms with Crippen molar-refractivity contribution in [3.8, 4) is 0 Å². The van der Waals surface area contributed by atoms with Crippen molar-refractivity contribution in [1.82, 2.24) is 0 Å². The maximum atomic E-state index is 2.40. The molecule has 0 nitrogen and oxygen atoms in total. The Kier molecular flexibility index (Phi) is 10.1. The molecule has 0 fully saturated rings. The summed E-state index contributed by atoms with van der Waals surface area (Å²) >= 11 is 2.27. The van der Waals surface area contributed by atoms with Gasteiger partial charge in [-0.15, -0.1) is 0 Å². The second-order valence-electron chi connectivity index (χ2n) is 3.79. The fourth-order valence-corrected chi connectivity index (χ4v) is 2.64. The molecule has 0 saturated carbocycles. The third kappa shape index (κ3) is 4.01. The summed E-state index contributed by atoms with van der Waals surface area (Å²) in [6.45, 7) is 4.48. The number of hydrogen-bond donors (Lipinski definition) is 0. The van der Waals surface area contributed by atoms with Gasteiger partial charge in [-0.05, 0) is 0 Å². The van der Waals surface area contributed by atoms with E-state index in [-0.39, 0.29) is 37.2 Å². The van der Waals surface area contributed by atoms with Crippen molar-refractivity contribution in [2.45, 2.75) is 30.9 Å². The van der Waals surface area contributed by atoms with E-state index in [1.54, 1.807) is 0 Å². The minimum Gasteiger partial charge on any atom is -1.00 e. The van der Waals surface area contributed by atoms with Gasteiger partial charge in [0.2, 0.25) is 0 Å². The zero-order valence-electron chi connectivity index (χ0n) is 9.93. The van der Waals surface area contributed by atoms with Gasteiger partial charge in [-0.2, -0.15) is 0 Å². The molecule has 17 heavy (non-hydrogen) atoms. The average Bonchev–Trinajstić information content (AvgIpc) is 2.58. The molecule has 0 aliphatic heterocycles. The Balaban J connectivity index is 0. The van der Waals surface area contributed by atoms with Crippen LogP contribution in [-0.2, 0) is 33.3 Å². The van der Waals surface area contributed by atoms with E-state index in [2.05, 4.69) is 58.6 Å². The first kappa shape index (κ1) is 19.9. The molecule has 0 heterocycles. The number of aryl methyl sites for hydroxylation is 2. The van der Waals surface area contributed by atoms with E-state index in [0.717, 1.165) is 12.8 Å². The molecule has 0 saturated heterocycles. The first-order valence-electron chi connectivity index (χ1n) is 5.31. The Morgan fingerprint density at radius 3 is 2.06 bits per heavy atom. The summed E-state index contributed by atoms with van der Waals surface area (Å²) in [4.78, 5) is 0. The smallest absolute Gasteiger partial charge is 1.00 e. The predicted octanol–water partition coefficient (Wildman–Crippen LogP) is -5.56. The topological polar surface area (TPSA) is 0 Å². The van der Waals surface area contributed by atoms with Crippen LogP contribution in [-0.4, -0.2) is 0 Å². The second kappa shape index (κ2) is 8.61. The molecule has 4 heteroatoms. The van der Waals surface area contributed by atoms with Gasteiger partial charge in [0.1, 0.15) is 0 Å². The summed E-state index contributed by atoms with van der Waals surface area (Å²) in [7, 11) is 0. The summed E-state index contributed by atoms with van der Waals surface area (Å²) in [5.41, 5.74) is 6.00. The number of benzene rings is 1. The largest absolute Gasteiger partial charge is 1.00 e. The quantitative estimate of drug-likeness (QED) is 0.476. The van der Waals surface area contributed by atoms with Crippen LogP contribution in [0.1, 0.15) is 40.3 Å². The normalized spacial score (nSPS) is 15.4. The summed E-state index contributed by atoms with van der Waals surface area (Å²) in [6.07, 6.45) is 6.87. The van der Waals surface area contributed by atoms with Crippen LogP contribution in [0.25, 0.3) is 6.08 Å². The van der Waals surface area contributed by atoms with Crippen molar-refractivity contribution in [3.05, 3.63) is 40.5 Å². The second-order valence-corrected chi connectivity index (χ2v) is 4.77. The van der Waals surface area contributed by atoms with Gasteiger partial charge in [0.25, 0.3) is 0 Å². The molecular formula is C13H15Cl3Ti. The molecule has 0 spiro atoms. The molecule has 1 atom stereocenters. The molecule has 2 rings (SSSR count). The van der Waals surface area contributed by atoms with Gasteiger partial charge < -0.3 is 37.2 Å². The van der Waals surface area contributed by atoms with Crippen LogP contribution < -0.4 is 37.2 Å². The zero-order valence-corrected chi connectivity index (χ0v) is 13.8. The van der Waals surface area contributed by atoms with Crippen LogP contribution in [0.3, 0.4) is 0 Å². The predicted molar refractivity (Wildman–Crippen MR) is 57.0 cm³/mol. The first-order valence-corrected chi connectivity index (χ1v) is 6.21. The monoisotopic (exact) mass is 324 g/mol. The molecule has 1 aromatic carbocycles. The van der Waals surface area contributed by atoms with Gasteiger partial charge in [-0.25, -0.2) is 0 Å². The number of hydrogen-bond acceptors (Lipinski definition) is 0. The van der Waals surface area contributed by atoms with Crippen LogP contribution in [0.15, 0.2) is 18.2 Å². The van der Waals surface area contributed by atoms with E-state index in [0.29, 0.717) is 4.22 Å². The Morgan fingerprint density at radius 2 is 1.53 bits per heavy atom. The Morgan fingerprint density at radius 1 is 1.00 bits per heavy atom.